The highest BCUT2D eigenvalue weighted by molar-refractivity contribution is 5.90. The van der Waals surface area contributed by atoms with E-state index in [0.717, 1.165) is 23.6 Å². The van der Waals surface area contributed by atoms with Gasteiger partial charge in [-0.15, -0.1) is 0 Å². The summed E-state index contributed by atoms with van der Waals surface area (Å²) < 4.78 is 0. The molecule has 0 spiro atoms. The molecule has 4 nitrogen and oxygen atoms in total. The van der Waals surface area contributed by atoms with E-state index in [1.807, 2.05) is 31.2 Å². The molecule has 0 unspecified atom stereocenters. The highest BCUT2D eigenvalue weighted by Gasteiger charge is 2.04. The van der Waals surface area contributed by atoms with Gasteiger partial charge in [0, 0.05) is 12.1 Å². The number of carbonyl (C=O) groups excluding carboxylic acids is 1. The third-order valence-corrected chi connectivity index (χ3v) is 3.39. The minimum Gasteiger partial charge on any atom is -0.340 e. The highest BCUT2D eigenvalue weighted by Crippen LogP contribution is 2.22. The first kappa shape index (κ1) is 15.0. The summed E-state index contributed by atoms with van der Waals surface area (Å²) in [5, 5.41) is 6.12. The first-order valence-corrected chi connectivity index (χ1v) is 7.19. The van der Waals surface area contributed by atoms with Crippen molar-refractivity contribution in [3.05, 3.63) is 47.7 Å². The molecule has 0 aliphatic heterocycles. The molecular formula is C17H21N3O. The van der Waals surface area contributed by atoms with Crippen molar-refractivity contribution in [1.82, 2.24) is 4.98 Å². The lowest BCUT2D eigenvalue weighted by Gasteiger charge is -2.11. The lowest BCUT2D eigenvalue weighted by molar-refractivity contribution is -0.116. The van der Waals surface area contributed by atoms with Crippen molar-refractivity contribution < 1.29 is 4.79 Å². The number of amides is 1. The Morgan fingerprint density at radius 1 is 1.19 bits per heavy atom. The van der Waals surface area contributed by atoms with Crippen LogP contribution in [-0.4, -0.2) is 10.9 Å². The van der Waals surface area contributed by atoms with Crippen molar-refractivity contribution in [2.24, 2.45) is 0 Å². The van der Waals surface area contributed by atoms with Gasteiger partial charge in [0.1, 0.15) is 5.82 Å². The molecule has 0 bridgehead atoms. The predicted molar refractivity (Wildman–Crippen MR) is 87.0 cm³/mol. The van der Waals surface area contributed by atoms with Crippen molar-refractivity contribution in [2.75, 3.05) is 10.6 Å². The lowest BCUT2D eigenvalue weighted by atomic mass is 10.1. The Bertz CT molecular complexity index is 620. The Labute approximate surface area is 125 Å². The van der Waals surface area contributed by atoms with E-state index in [-0.39, 0.29) is 5.91 Å². The smallest absolute Gasteiger partial charge is 0.224 e. The van der Waals surface area contributed by atoms with Gasteiger partial charge < -0.3 is 10.6 Å². The fraction of sp³-hybridized carbons (Fsp3) is 0.294. The SMILES string of the molecule is CCCC(=O)Nc1ccc(Nc2cccc(C)c2C)nc1. The van der Waals surface area contributed by atoms with E-state index in [2.05, 4.69) is 35.5 Å². The molecule has 2 N–H and O–H groups in total. The number of nitrogens with one attached hydrogen (secondary N) is 2. The van der Waals surface area contributed by atoms with Crippen LogP contribution < -0.4 is 10.6 Å². The molecule has 0 saturated heterocycles. The molecule has 0 aliphatic rings. The number of aryl methyl sites for hydroxylation is 1. The third-order valence-electron chi connectivity index (χ3n) is 3.39. The quantitative estimate of drug-likeness (QED) is 0.865. The summed E-state index contributed by atoms with van der Waals surface area (Å²) in [6.07, 6.45) is 3.04. The first-order valence-electron chi connectivity index (χ1n) is 7.19. The van der Waals surface area contributed by atoms with Crippen LogP contribution in [0.25, 0.3) is 0 Å². The number of hydrogen-bond acceptors (Lipinski definition) is 3. The number of nitrogens with zero attached hydrogens (tertiary/aromatic N) is 1. The highest BCUT2D eigenvalue weighted by atomic mass is 16.1. The molecule has 0 aliphatic carbocycles. The maximum atomic E-state index is 11.5. The molecule has 1 aromatic heterocycles. The van der Waals surface area contributed by atoms with E-state index < -0.39 is 0 Å². The Kier molecular flexibility index (Phi) is 4.93. The van der Waals surface area contributed by atoms with E-state index in [0.29, 0.717) is 6.42 Å². The second kappa shape index (κ2) is 6.88. The van der Waals surface area contributed by atoms with Crippen LogP contribution in [0.5, 0.6) is 0 Å². The second-order valence-corrected chi connectivity index (χ2v) is 5.10. The summed E-state index contributed by atoms with van der Waals surface area (Å²) in [5.74, 6) is 0.784. The molecule has 2 rings (SSSR count). The summed E-state index contributed by atoms with van der Waals surface area (Å²) in [6.45, 7) is 6.15. The molecule has 110 valence electrons. The largest absolute Gasteiger partial charge is 0.340 e. The van der Waals surface area contributed by atoms with Crippen molar-refractivity contribution in [2.45, 2.75) is 33.6 Å². The van der Waals surface area contributed by atoms with E-state index in [1.165, 1.54) is 11.1 Å². The fourth-order valence-corrected chi connectivity index (χ4v) is 2.02. The zero-order valence-corrected chi connectivity index (χ0v) is 12.7. The van der Waals surface area contributed by atoms with Crippen LogP contribution in [0.1, 0.15) is 30.9 Å². The van der Waals surface area contributed by atoms with Crippen LogP contribution in [0, 0.1) is 13.8 Å². The van der Waals surface area contributed by atoms with Gasteiger partial charge >= 0.3 is 0 Å². The van der Waals surface area contributed by atoms with Gasteiger partial charge in [-0.1, -0.05) is 19.1 Å². The van der Waals surface area contributed by atoms with Gasteiger partial charge in [-0.3, -0.25) is 4.79 Å². The number of carbonyl (C=O) groups is 1. The topological polar surface area (TPSA) is 54.0 Å². The van der Waals surface area contributed by atoms with E-state index >= 15 is 0 Å². The molecule has 1 amide bonds. The average molecular weight is 283 g/mol. The molecule has 1 aromatic carbocycles. The van der Waals surface area contributed by atoms with Crippen LogP contribution in [0.3, 0.4) is 0 Å². The molecule has 1 heterocycles. The Morgan fingerprint density at radius 2 is 2.00 bits per heavy atom. The van der Waals surface area contributed by atoms with Crippen molar-refractivity contribution >= 4 is 23.1 Å². The summed E-state index contributed by atoms with van der Waals surface area (Å²) in [7, 11) is 0. The molecule has 0 atom stereocenters. The van der Waals surface area contributed by atoms with Crippen molar-refractivity contribution in [3.63, 3.8) is 0 Å². The van der Waals surface area contributed by atoms with Gasteiger partial charge in [-0.05, 0) is 49.6 Å². The Balaban J connectivity index is 2.05. The minimum atomic E-state index is 0.0227. The maximum absolute atomic E-state index is 11.5. The average Bonchev–Trinajstić information content (AvgIpc) is 2.46. The van der Waals surface area contributed by atoms with Crippen LogP contribution in [-0.2, 0) is 4.79 Å². The molecule has 0 radical (unpaired) electrons. The Hall–Kier alpha value is -2.36. The summed E-state index contributed by atoms with van der Waals surface area (Å²) in [4.78, 5) is 15.8. The first-order chi connectivity index (χ1) is 10.1. The number of pyridine rings is 1. The second-order valence-electron chi connectivity index (χ2n) is 5.10. The van der Waals surface area contributed by atoms with Gasteiger partial charge in [0.05, 0.1) is 11.9 Å². The molecular weight excluding hydrogens is 262 g/mol. The molecule has 21 heavy (non-hydrogen) atoms. The third kappa shape index (κ3) is 4.05. The molecule has 4 heteroatoms. The number of hydrogen-bond donors (Lipinski definition) is 2. The van der Waals surface area contributed by atoms with Crippen LogP contribution in [0.15, 0.2) is 36.5 Å². The minimum absolute atomic E-state index is 0.0227. The predicted octanol–water partition coefficient (Wildman–Crippen LogP) is 4.18. The van der Waals surface area contributed by atoms with Gasteiger partial charge in [-0.2, -0.15) is 0 Å². The zero-order valence-electron chi connectivity index (χ0n) is 12.7. The normalized spacial score (nSPS) is 10.2. The lowest BCUT2D eigenvalue weighted by Crippen LogP contribution is -2.10. The number of rotatable bonds is 5. The van der Waals surface area contributed by atoms with Crippen molar-refractivity contribution in [3.8, 4) is 0 Å². The van der Waals surface area contributed by atoms with Crippen molar-refractivity contribution in [1.29, 1.82) is 0 Å². The zero-order chi connectivity index (χ0) is 15.2. The van der Waals surface area contributed by atoms with Gasteiger partial charge in [0.15, 0.2) is 0 Å². The Morgan fingerprint density at radius 3 is 2.67 bits per heavy atom. The van der Waals surface area contributed by atoms with E-state index in [4.69, 9.17) is 0 Å². The van der Waals surface area contributed by atoms with E-state index in [1.54, 1.807) is 6.20 Å². The monoisotopic (exact) mass is 283 g/mol. The summed E-state index contributed by atoms with van der Waals surface area (Å²) in [5.41, 5.74) is 4.22. The van der Waals surface area contributed by atoms with Crippen LogP contribution in [0.2, 0.25) is 0 Å². The molecule has 2 aromatic rings. The van der Waals surface area contributed by atoms with Gasteiger partial charge in [0.25, 0.3) is 0 Å². The van der Waals surface area contributed by atoms with Crippen LogP contribution >= 0.6 is 0 Å². The van der Waals surface area contributed by atoms with Crippen LogP contribution in [0.4, 0.5) is 17.2 Å². The number of anilines is 3. The number of benzene rings is 1. The molecule has 0 fully saturated rings. The summed E-state index contributed by atoms with van der Waals surface area (Å²) >= 11 is 0. The van der Waals surface area contributed by atoms with Gasteiger partial charge in [-0.25, -0.2) is 4.98 Å². The summed E-state index contributed by atoms with van der Waals surface area (Å²) in [6, 6.07) is 9.85. The van der Waals surface area contributed by atoms with E-state index in [9.17, 15) is 4.79 Å². The maximum Gasteiger partial charge on any atom is 0.224 e. The number of aromatic nitrogens is 1. The van der Waals surface area contributed by atoms with Gasteiger partial charge in [0.2, 0.25) is 5.91 Å². The standard InChI is InChI=1S/C17H21N3O/c1-4-6-17(21)19-14-9-10-16(18-11-14)20-15-8-5-7-12(2)13(15)3/h5,7-11H,4,6H2,1-3H3,(H,18,20)(H,19,21). The molecule has 0 saturated carbocycles. The fourth-order valence-electron chi connectivity index (χ4n) is 2.02.